The van der Waals surface area contributed by atoms with Crippen molar-refractivity contribution in [2.45, 2.75) is 101 Å². The number of benzene rings is 4. The molecule has 0 unspecified atom stereocenters. The Labute approximate surface area is 406 Å². The van der Waals surface area contributed by atoms with Crippen LogP contribution in [0.2, 0.25) is 0 Å². The molecule has 0 fully saturated rings. The smallest absolute Gasteiger partial charge is 0.231 e. The third kappa shape index (κ3) is 8.49. The zero-order chi connectivity index (χ0) is 44.5. The summed E-state index contributed by atoms with van der Waals surface area (Å²) in [6, 6.07) is 8.93. The van der Waals surface area contributed by atoms with Crippen molar-refractivity contribution >= 4 is 63.7 Å². The van der Waals surface area contributed by atoms with E-state index in [0.29, 0.717) is 115 Å². The molecule has 0 saturated carbocycles. The maximum Gasteiger partial charge on any atom is 0.231 e. The third-order valence-electron chi connectivity index (χ3n) is 13.2. The molecular formula is C48H52Br4O12. The van der Waals surface area contributed by atoms with Gasteiger partial charge < -0.3 is 58.3 Å². The third-order valence-corrected chi connectivity index (χ3v) is 16.1. The molecule has 4 aromatic rings. The predicted octanol–water partition coefficient (Wildman–Crippen LogP) is 11.1. The van der Waals surface area contributed by atoms with Crippen molar-refractivity contribution < 1.29 is 58.3 Å². The van der Waals surface area contributed by atoms with Crippen LogP contribution in [0, 0.1) is 0 Å². The van der Waals surface area contributed by atoms with Crippen molar-refractivity contribution in [1.82, 2.24) is 0 Å². The number of hydrogen-bond acceptors (Lipinski definition) is 12. The zero-order valence-corrected chi connectivity index (χ0v) is 41.7. The van der Waals surface area contributed by atoms with E-state index in [1.165, 1.54) is 0 Å². The zero-order valence-electron chi connectivity index (χ0n) is 35.3. The molecule has 8 bridgehead atoms. The van der Waals surface area contributed by atoms with E-state index < -0.39 is 0 Å². The Balaban J connectivity index is 1.44. The lowest BCUT2D eigenvalue weighted by Crippen LogP contribution is -2.23. The summed E-state index contributed by atoms with van der Waals surface area (Å²) in [5.41, 5.74) is 7.56. The molecule has 0 spiro atoms. The second-order valence-electron chi connectivity index (χ2n) is 16.8. The molecule has 0 saturated heterocycles. The van der Waals surface area contributed by atoms with Gasteiger partial charge in [-0.3, -0.25) is 0 Å². The van der Waals surface area contributed by atoms with E-state index in [-0.39, 0.29) is 77.3 Å². The van der Waals surface area contributed by atoms with E-state index in [0.717, 1.165) is 70.2 Å². The lowest BCUT2D eigenvalue weighted by atomic mass is 9.76. The highest BCUT2D eigenvalue weighted by atomic mass is 79.9. The van der Waals surface area contributed by atoms with Gasteiger partial charge in [0.05, 0.1) is 0 Å². The predicted molar refractivity (Wildman–Crippen MR) is 252 cm³/mol. The molecule has 5 aliphatic rings. The minimum absolute atomic E-state index is 0.0587. The number of aliphatic hydroxyl groups is 4. The summed E-state index contributed by atoms with van der Waals surface area (Å²) in [5.74, 6) is 3.72. The van der Waals surface area contributed by atoms with Crippen molar-refractivity contribution in [2.75, 3.05) is 53.6 Å². The van der Waals surface area contributed by atoms with Crippen LogP contribution in [0.3, 0.4) is 0 Å². The maximum absolute atomic E-state index is 10.1. The molecule has 0 atom stereocenters. The molecule has 344 valence electrons. The Kier molecular flexibility index (Phi) is 14.8. The van der Waals surface area contributed by atoms with E-state index in [2.05, 4.69) is 88.0 Å². The van der Waals surface area contributed by atoms with Gasteiger partial charge >= 0.3 is 0 Å². The SMILES string of the molecule is OCCCCC1c2cc3c4c(Br)c2OCOc2c1cc1c(c2Br)OCOc2c(cc5c(c2Br)OCOc2c(cc(c(c2Br)OCO4)C3CCCCO)C5CCCCO)C1CCCCO. The number of halogens is 4. The Hall–Kier alpha value is -2.96. The van der Waals surface area contributed by atoms with Crippen LogP contribution in [0.4, 0.5) is 0 Å². The van der Waals surface area contributed by atoms with Gasteiger partial charge in [-0.25, -0.2) is 0 Å². The molecule has 1 aliphatic carbocycles. The van der Waals surface area contributed by atoms with Gasteiger partial charge in [-0.2, -0.15) is 0 Å². The van der Waals surface area contributed by atoms with Crippen molar-refractivity contribution in [3.63, 3.8) is 0 Å². The molecule has 12 nitrogen and oxygen atoms in total. The van der Waals surface area contributed by atoms with Crippen LogP contribution >= 0.6 is 63.7 Å². The number of ether oxygens (including phenoxy) is 8. The monoisotopic (exact) mass is 1140 g/mol. The molecule has 16 heteroatoms. The Morgan fingerprint density at radius 2 is 0.484 bits per heavy atom. The fourth-order valence-electron chi connectivity index (χ4n) is 10.2. The minimum atomic E-state index is -0.274. The Bertz CT molecular complexity index is 1930. The van der Waals surface area contributed by atoms with Crippen molar-refractivity contribution in [3.8, 4) is 46.0 Å². The van der Waals surface area contributed by atoms with Gasteiger partial charge in [0.15, 0.2) is 0 Å². The molecule has 4 N–H and O–H groups in total. The fraction of sp³-hybridized carbons (Fsp3) is 0.500. The summed E-state index contributed by atoms with van der Waals surface area (Å²) < 4.78 is 55.4. The summed E-state index contributed by atoms with van der Waals surface area (Å²) in [5, 5.41) is 40.3. The van der Waals surface area contributed by atoms with Crippen LogP contribution in [0.1, 0.15) is 145 Å². The molecule has 0 aromatic heterocycles. The van der Waals surface area contributed by atoms with Crippen LogP contribution in [-0.2, 0) is 0 Å². The topological polar surface area (TPSA) is 155 Å². The van der Waals surface area contributed by atoms with Crippen molar-refractivity contribution in [2.24, 2.45) is 0 Å². The first-order chi connectivity index (χ1) is 31.3. The van der Waals surface area contributed by atoms with Gasteiger partial charge in [0.25, 0.3) is 0 Å². The summed E-state index contributed by atoms with van der Waals surface area (Å²) in [6.45, 7) is -0.184. The molecule has 0 amide bonds. The van der Waals surface area contributed by atoms with Crippen LogP contribution in [0.15, 0.2) is 42.2 Å². The Morgan fingerprint density at radius 1 is 0.312 bits per heavy atom. The summed E-state index contributed by atoms with van der Waals surface area (Å²) in [6.07, 6.45) is 7.98. The first kappa shape index (κ1) is 46.2. The van der Waals surface area contributed by atoms with Gasteiger partial charge in [-0.15, -0.1) is 0 Å². The first-order valence-corrected chi connectivity index (χ1v) is 25.4. The molecular weight excluding hydrogens is 1090 g/mol. The molecule has 4 heterocycles. The number of rotatable bonds is 16. The van der Waals surface area contributed by atoms with Gasteiger partial charge in [0, 0.05) is 94.6 Å². The normalized spacial score (nSPS) is 19.8. The maximum atomic E-state index is 10.1. The first-order valence-electron chi connectivity index (χ1n) is 22.2. The Morgan fingerprint density at radius 3 is 0.641 bits per heavy atom. The average Bonchev–Trinajstić information content (AvgIpc) is 3.26. The second-order valence-corrected chi connectivity index (χ2v) is 20.0. The molecule has 4 aliphatic heterocycles. The van der Waals surface area contributed by atoms with Gasteiger partial charge in [-0.1, -0.05) is 25.7 Å². The summed E-state index contributed by atoms with van der Waals surface area (Å²) in [4.78, 5) is 0. The van der Waals surface area contributed by atoms with E-state index >= 15 is 0 Å². The highest BCUT2D eigenvalue weighted by Gasteiger charge is 2.40. The highest BCUT2D eigenvalue weighted by molar-refractivity contribution is 9.11. The summed E-state index contributed by atoms with van der Waals surface area (Å²) >= 11 is 16.0. The molecule has 4 aromatic carbocycles. The number of hydrogen-bond donors (Lipinski definition) is 4. The van der Waals surface area contributed by atoms with Crippen LogP contribution < -0.4 is 37.9 Å². The standard InChI is InChI=1S/C48H52Br4O12/c49-37-41-29-17-31-26(10-2-6-14-54)33-19-35-28(12-4-8-16-56)36-20-34-27(11-3-7-15-55)32-18-30(25(29)9-1-5-13-53)42(58-21-57-41)38(50)44(32)60-23-62-46(34)40(52)48(36)64-24-63-47(35)39(51)45(33)61-22-59-43(31)37/h17-20,25-28,53-56H,1-16,21-24H2. The number of aliphatic hydroxyl groups excluding tert-OH is 4. The molecule has 9 rings (SSSR count). The fourth-order valence-corrected chi connectivity index (χ4v) is 13.0. The molecule has 0 radical (unpaired) electrons. The van der Waals surface area contributed by atoms with Gasteiger partial charge in [0.1, 0.15) is 63.9 Å². The van der Waals surface area contributed by atoms with E-state index in [1.807, 2.05) is 0 Å². The highest BCUT2D eigenvalue weighted by Crippen LogP contribution is 2.60. The van der Waals surface area contributed by atoms with E-state index in [9.17, 15) is 20.4 Å². The second kappa shape index (κ2) is 20.5. The largest absolute Gasteiger partial charge is 0.456 e. The van der Waals surface area contributed by atoms with E-state index in [1.54, 1.807) is 0 Å². The van der Waals surface area contributed by atoms with Crippen LogP contribution in [-0.4, -0.2) is 74.0 Å². The van der Waals surface area contributed by atoms with Gasteiger partial charge in [-0.05, 0) is 139 Å². The lowest BCUT2D eigenvalue weighted by Gasteiger charge is -2.36. The molecule has 64 heavy (non-hydrogen) atoms. The minimum Gasteiger partial charge on any atom is -0.456 e. The van der Waals surface area contributed by atoms with Crippen molar-refractivity contribution in [1.29, 1.82) is 0 Å². The average molecular weight is 1140 g/mol. The van der Waals surface area contributed by atoms with Crippen LogP contribution in [0.25, 0.3) is 0 Å². The number of unbranched alkanes of at least 4 members (excludes halogenated alkanes) is 4. The lowest BCUT2D eigenvalue weighted by molar-refractivity contribution is 0.0954. The summed E-state index contributed by atoms with van der Waals surface area (Å²) in [7, 11) is 0. The van der Waals surface area contributed by atoms with Crippen LogP contribution in [0.5, 0.6) is 46.0 Å². The van der Waals surface area contributed by atoms with Crippen molar-refractivity contribution in [3.05, 3.63) is 86.7 Å². The van der Waals surface area contributed by atoms with Gasteiger partial charge in [0.2, 0.25) is 27.2 Å². The van der Waals surface area contributed by atoms with E-state index in [4.69, 9.17) is 37.9 Å². The quantitative estimate of drug-likeness (QED) is 0.0790.